The van der Waals surface area contributed by atoms with Crippen LogP contribution in [0.25, 0.3) is 0 Å². The van der Waals surface area contributed by atoms with Crippen molar-refractivity contribution < 1.29 is 9.63 Å². The molecule has 0 aliphatic carbocycles. The van der Waals surface area contributed by atoms with Crippen LogP contribution in [0.4, 0.5) is 10.5 Å². The molecule has 86 valence electrons. The number of hydrogen-bond acceptors (Lipinski definition) is 3. The molecule has 1 rings (SSSR count). The molecule has 6 heteroatoms. The minimum atomic E-state index is -0.716. The van der Waals surface area contributed by atoms with E-state index in [9.17, 15) is 4.79 Å². The fourth-order valence-electron chi connectivity index (χ4n) is 0.893. The van der Waals surface area contributed by atoms with Gasteiger partial charge in [0.2, 0.25) is 0 Å². The van der Waals surface area contributed by atoms with Gasteiger partial charge in [0.1, 0.15) is 0 Å². The Morgan fingerprint density at radius 2 is 2.06 bits per heavy atom. The van der Waals surface area contributed by atoms with Gasteiger partial charge < -0.3 is 0 Å². The van der Waals surface area contributed by atoms with Crippen molar-refractivity contribution in [2.24, 2.45) is 5.16 Å². The fourth-order valence-corrected chi connectivity index (χ4v) is 0.976. The molecule has 0 aliphatic heterocycles. The predicted octanol–water partition coefficient (Wildman–Crippen LogP) is 3.33. The minimum absolute atomic E-state index is 0.000628. The van der Waals surface area contributed by atoms with E-state index in [1.54, 1.807) is 12.1 Å². The molecule has 0 atom stereocenters. The predicted molar refractivity (Wildman–Crippen MR) is 65.3 cm³/mol. The molecular formula is C10H10Cl2N2O2. The van der Waals surface area contributed by atoms with Crippen molar-refractivity contribution in [2.75, 3.05) is 11.2 Å². The third-order valence-corrected chi connectivity index (χ3v) is 2.23. The number of nitrogens with zero attached hydrogens (tertiary/aromatic N) is 1. The summed E-state index contributed by atoms with van der Waals surface area (Å²) in [4.78, 5) is 15.6. The van der Waals surface area contributed by atoms with Crippen LogP contribution < -0.4 is 5.32 Å². The topological polar surface area (TPSA) is 50.7 Å². The van der Waals surface area contributed by atoms with Crippen LogP contribution in [0.5, 0.6) is 0 Å². The van der Waals surface area contributed by atoms with Crippen LogP contribution in [-0.4, -0.2) is 17.1 Å². The van der Waals surface area contributed by atoms with Crippen LogP contribution in [0.15, 0.2) is 29.4 Å². The second-order valence-corrected chi connectivity index (χ2v) is 3.67. The highest BCUT2D eigenvalue weighted by Crippen LogP contribution is 2.08. The monoisotopic (exact) mass is 260 g/mol. The number of rotatable bonds is 3. The molecule has 4 nitrogen and oxygen atoms in total. The van der Waals surface area contributed by atoms with Gasteiger partial charge in [-0.05, 0) is 19.1 Å². The number of hydrogen-bond donors (Lipinski definition) is 1. The molecule has 0 radical (unpaired) electrons. The summed E-state index contributed by atoms with van der Waals surface area (Å²) in [5.41, 5.74) is 1.72. The Balaban J connectivity index is 2.49. The van der Waals surface area contributed by atoms with Gasteiger partial charge in [-0.1, -0.05) is 34.5 Å². The smallest absolute Gasteiger partial charge is 0.297 e. The molecule has 0 aliphatic rings. The molecule has 1 amide bonds. The number of halogens is 2. The number of anilines is 1. The van der Waals surface area contributed by atoms with Crippen molar-refractivity contribution in [3.63, 3.8) is 0 Å². The zero-order chi connectivity index (χ0) is 12.0. The van der Waals surface area contributed by atoms with Crippen LogP contribution in [-0.2, 0) is 4.84 Å². The van der Waals surface area contributed by atoms with Crippen molar-refractivity contribution in [3.8, 4) is 0 Å². The first-order chi connectivity index (χ1) is 7.61. The first-order valence-electron chi connectivity index (χ1n) is 4.45. The number of alkyl halides is 1. The number of nitrogens with one attached hydrogen (secondary N) is 1. The van der Waals surface area contributed by atoms with E-state index in [2.05, 4.69) is 15.3 Å². The average molecular weight is 261 g/mol. The Morgan fingerprint density at radius 1 is 1.44 bits per heavy atom. The van der Waals surface area contributed by atoms with Gasteiger partial charge in [0, 0.05) is 5.69 Å². The van der Waals surface area contributed by atoms with Crippen molar-refractivity contribution in [2.45, 2.75) is 6.92 Å². The zero-order valence-corrected chi connectivity index (χ0v) is 10.0. The Kier molecular flexibility index (Phi) is 5.08. The number of oxime groups is 1. The van der Waals surface area contributed by atoms with E-state index in [0.717, 1.165) is 5.56 Å². The molecule has 0 aromatic heterocycles. The summed E-state index contributed by atoms with van der Waals surface area (Å²) in [6, 6.07) is 7.24. The minimum Gasteiger partial charge on any atom is -0.297 e. The van der Waals surface area contributed by atoms with Crippen molar-refractivity contribution in [3.05, 3.63) is 29.8 Å². The number of carbonyl (C=O) groups excluding carboxylic acids is 1. The lowest BCUT2D eigenvalue weighted by molar-refractivity contribution is 0.167. The molecule has 0 heterocycles. The lowest BCUT2D eigenvalue weighted by atomic mass is 10.2. The quantitative estimate of drug-likeness (QED) is 0.392. The van der Waals surface area contributed by atoms with Crippen LogP contribution in [0, 0.1) is 6.92 Å². The van der Waals surface area contributed by atoms with E-state index in [1.807, 2.05) is 19.1 Å². The highest BCUT2D eigenvalue weighted by molar-refractivity contribution is 6.69. The number of carbonyl (C=O) groups is 1. The van der Waals surface area contributed by atoms with Gasteiger partial charge in [-0.25, -0.2) is 4.79 Å². The molecule has 1 aromatic rings. The maximum absolute atomic E-state index is 11.2. The van der Waals surface area contributed by atoms with Crippen molar-refractivity contribution >= 4 is 40.2 Å². The van der Waals surface area contributed by atoms with Crippen LogP contribution in [0.1, 0.15) is 5.56 Å². The number of aryl methyl sites for hydroxylation is 1. The van der Waals surface area contributed by atoms with E-state index in [0.29, 0.717) is 5.69 Å². The summed E-state index contributed by atoms with van der Waals surface area (Å²) in [5.74, 6) is -0.000628. The van der Waals surface area contributed by atoms with Crippen molar-refractivity contribution in [1.82, 2.24) is 0 Å². The maximum atomic E-state index is 11.2. The molecule has 0 saturated heterocycles. The third kappa shape index (κ3) is 4.51. The number of amides is 1. The van der Waals surface area contributed by atoms with Crippen LogP contribution >= 0.6 is 23.2 Å². The largest absolute Gasteiger partial charge is 0.437 e. The summed E-state index contributed by atoms with van der Waals surface area (Å²) in [5, 5.41) is 5.79. The summed E-state index contributed by atoms with van der Waals surface area (Å²) in [6.45, 7) is 1.95. The summed E-state index contributed by atoms with van der Waals surface area (Å²) in [6.07, 6.45) is -0.716. The average Bonchev–Trinajstić information content (AvgIpc) is 2.29. The first-order valence-corrected chi connectivity index (χ1v) is 5.36. The second-order valence-electron chi connectivity index (χ2n) is 2.97. The van der Waals surface area contributed by atoms with Gasteiger partial charge in [0.05, 0.1) is 5.88 Å². The Labute approximate surface area is 103 Å². The normalized spacial score (nSPS) is 11.1. The van der Waals surface area contributed by atoms with E-state index in [-0.39, 0.29) is 11.1 Å². The lowest BCUT2D eigenvalue weighted by Crippen LogP contribution is -2.11. The maximum Gasteiger partial charge on any atom is 0.437 e. The highest BCUT2D eigenvalue weighted by atomic mass is 35.5. The Hall–Kier alpha value is -1.26. The molecule has 0 saturated carbocycles. The Bertz CT molecular complexity index is 390. The lowest BCUT2D eigenvalue weighted by Gasteiger charge is -2.02. The van der Waals surface area contributed by atoms with E-state index in [1.165, 1.54) is 0 Å². The molecule has 0 bridgehead atoms. The summed E-state index contributed by atoms with van der Waals surface area (Å²) < 4.78 is 0. The molecule has 1 aromatic carbocycles. The van der Waals surface area contributed by atoms with Gasteiger partial charge in [-0.2, -0.15) is 0 Å². The summed E-state index contributed by atoms with van der Waals surface area (Å²) >= 11 is 10.8. The van der Waals surface area contributed by atoms with E-state index < -0.39 is 6.09 Å². The second kappa shape index (κ2) is 6.35. The van der Waals surface area contributed by atoms with Gasteiger partial charge >= 0.3 is 6.09 Å². The van der Waals surface area contributed by atoms with Crippen LogP contribution in [0.3, 0.4) is 0 Å². The number of benzene rings is 1. The first kappa shape index (κ1) is 12.8. The molecule has 16 heavy (non-hydrogen) atoms. The zero-order valence-electron chi connectivity index (χ0n) is 8.54. The van der Waals surface area contributed by atoms with Gasteiger partial charge in [-0.15, -0.1) is 11.6 Å². The van der Waals surface area contributed by atoms with Gasteiger partial charge in [-0.3, -0.25) is 10.2 Å². The molecule has 0 fully saturated rings. The van der Waals surface area contributed by atoms with E-state index >= 15 is 0 Å². The molecular weight excluding hydrogens is 251 g/mol. The third-order valence-electron chi connectivity index (χ3n) is 1.64. The molecule has 0 unspecified atom stereocenters. The van der Waals surface area contributed by atoms with Crippen LogP contribution in [0.2, 0.25) is 0 Å². The SMILES string of the molecule is Cc1ccc(NC(=O)O/N=C(/Cl)CCl)cc1. The van der Waals surface area contributed by atoms with E-state index in [4.69, 9.17) is 23.2 Å². The summed E-state index contributed by atoms with van der Waals surface area (Å²) in [7, 11) is 0. The fraction of sp³-hybridized carbons (Fsp3) is 0.200. The van der Waals surface area contributed by atoms with Gasteiger partial charge in [0.15, 0.2) is 5.17 Å². The standard InChI is InChI=1S/C10H10Cl2N2O2/c1-7-2-4-8(5-3-7)13-10(15)16-14-9(12)6-11/h2-5H,6H2,1H3,(H,13,15)/b14-9+. The Morgan fingerprint density at radius 3 is 2.62 bits per heavy atom. The van der Waals surface area contributed by atoms with Crippen molar-refractivity contribution in [1.29, 1.82) is 0 Å². The van der Waals surface area contributed by atoms with Gasteiger partial charge in [0.25, 0.3) is 0 Å². The highest BCUT2D eigenvalue weighted by Gasteiger charge is 2.02. The molecule has 0 spiro atoms. The molecule has 1 N–H and O–H groups in total.